The molecule has 1 heterocycles. The van der Waals surface area contributed by atoms with E-state index in [0.717, 1.165) is 5.56 Å². The van der Waals surface area contributed by atoms with Gasteiger partial charge in [0.1, 0.15) is 6.07 Å². The quantitative estimate of drug-likeness (QED) is 0.670. The molecule has 130 valence electrons. The Morgan fingerprint density at radius 3 is 2.35 bits per heavy atom. The van der Waals surface area contributed by atoms with Gasteiger partial charge in [-0.25, -0.2) is 13.7 Å². The van der Waals surface area contributed by atoms with Crippen LogP contribution in [0.15, 0.2) is 54.6 Å². The fourth-order valence-electron chi connectivity index (χ4n) is 2.50. The summed E-state index contributed by atoms with van der Waals surface area (Å²) in [4.78, 5) is 11.0. The van der Waals surface area contributed by atoms with Gasteiger partial charge in [0.25, 0.3) is 0 Å². The van der Waals surface area contributed by atoms with Crippen molar-refractivity contribution in [2.45, 2.75) is 5.75 Å². The number of carboxylic acid groups (broad SMARTS) is 1. The van der Waals surface area contributed by atoms with Gasteiger partial charge in [-0.3, -0.25) is 0 Å². The Morgan fingerprint density at radius 1 is 1.15 bits per heavy atom. The standard InChI is InChI=1S/C18H13N3O4S/c19-10-15-9-17(13-3-1-12(2-4-13)11-26(24)25)21(20-15)16-7-5-14(6-8-16)18(22)23/h1-9H,11H2,(H,22,23)(H,24,25). The normalized spacial score (nSPS) is 11.7. The fourth-order valence-corrected chi connectivity index (χ4v) is 2.98. The van der Waals surface area contributed by atoms with Crippen LogP contribution >= 0.6 is 0 Å². The highest BCUT2D eigenvalue weighted by molar-refractivity contribution is 7.78. The van der Waals surface area contributed by atoms with E-state index >= 15 is 0 Å². The number of nitriles is 1. The van der Waals surface area contributed by atoms with Crippen LogP contribution < -0.4 is 0 Å². The molecule has 3 rings (SSSR count). The van der Waals surface area contributed by atoms with Crippen LogP contribution in [-0.4, -0.2) is 29.6 Å². The Hall–Kier alpha value is -3.28. The summed E-state index contributed by atoms with van der Waals surface area (Å²) in [5.74, 6) is -0.980. The van der Waals surface area contributed by atoms with Gasteiger partial charge in [0.15, 0.2) is 16.8 Å². The van der Waals surface area contributed by atoms with Crippen LogP contribution in [0.1, 0.15) is 21.6 Å². The number of hydrogen-bond acceptors (Lipinski definition) is 4. The molecule has 0 aliphatic heterocycles. The minimum absolute atomic E-state index is 0.0413. The molecule has 0 saturated heterocycles. The molecule has 1 atom stereocenters. The zero-order chi connectivity index (χ0) is 18.7. The second-order valence-corrected chi connectivity index (χ2v) is 6.38. The molecule has 0 aliphatic carbocycles. The lowest BCUT2D eigenvalue weighted by atomic mass is 10.1. The summed E-state index contributed by atoms with van der Waals surface area (Å²) in [6, 6.07) is 16.8. The third kappa shape index (κ3) is 3.69. The van der Waals surface area contributed by atoms with E-state index in [0.29, 0.717) is 16.9 Å². The van der Waals surface area contributed by atoms with Crippen LogP contribution in [-0.2, 0) is 16.8 Å². The van der Waals surface area contributed by atoms with Crippen molar-refractivity contribution in [3.63, 3.8) is 0 Å². The Balaban J connectivity index is 2.02. The Labute approximate surface area is 151 Å². The minimum Gasteiger partial charge on any atom is -0.478 e. The van der Waals surface area contributed by atoms with Gasteiger partial charge in [0.2, 0.25) is 0 Å². The number of benzene rings is 2. The third-order valence-corrected chi connectivity index (χ3v) is 4.30. The van der Waals surface area contributed by atoms with E-state index in [-0.39, 0.29) is 17.0 Å². The molecule has 0 amide bonds. The maximum Gasteiger partial charge on any atom is 0.335 e. The van der Waals surface area contributed by atoms with Gasteiger partial charge in [-0.1, -0.05) is 24.3 Å². The zero-order valence-electron chi connectivity index (χ0n) is 13.4. The van der Waals surface area contributed by atoms with Crippen LogP contribution in [0.25, 0.3) is 16.9 Å². The summed E-state index contributed by atoms with van der Waals surface area (Å²) in [7, 11) is 0. The first-order valence-electron chi connectivity index (χ1n) is 7.48. The molecule has 0 bridgehead atoms. The summed E-state index contributed by atoms with van der Waals surface area (Å²) in [5, 5.41) is 22.4. The first-order valence-corrected chi connectivity index (χ1v) is 8.76. The summed E-state index contributed by atoms with van der Waals surface area (Å²) < 4.78 is 21.4. The smallest absolute Gasteiger partial charge is 0.335 e. The number of rotatable bonds is 5. The van der Waals surface area contributed by atoms with Crippen molar-refractivity contribution in [1.29, 1.82) is 5.26 Å². The molecular weight excluding hydrogens is 354 g/mol. The highest BCUT2D eigenvalue weighted by atomic mass is 32.2. The summed E-state index contributed by atoms with van der Waals surface area (Å²) >= 11 is -1.91. The van der Waals surface area contributed by atoms with E-state index in [1.165, 1.54) is 12.1 Å². The van der Waals surface area contributed by atoms with Crippen molar-refractivity contribution in [2.24, 2.45) is 0 Å². The molecule has 7 nitrogen and oxygen atoms in total. The maximum absolute atomic E-state index is 11.0. The van der Waals surface area contributed by atoms with Crippen molar-refractivity contribution in [1.82, 2.24) is 9.78 Å². The van der Waals surface area contributed by atoms with Crippen LogP contribution in [0, 0.1) is 11.3 Å². The Kier molecular flexibility index (Phi) is 4.93. The van der Waals surface area contributed by atoms with Crippen molar-refractivity contribution in [3.05, 3.63) is 71.4 Å². The lowest BCUT2D eigenvalue weighted by molar-refractivity contribution is 0.0697. The van der Waals surface area contributed by atoms with Crippen LogP contribution in [0.2, 0.25) is 0 Å². The number of aromatic carboxylic acids is 1. The summed E-state index contributed by atoms with van der Waals surface area (Å²) in [6.45, 7) is 0. The van der Waals surface area contributed by atoms with Gasteiger partial charge in [-0.05, 0) is 29.8 Å². The van der Waals surface area contributed by atoms with E-state index in [4.69, 9.17) is 14.9 Å². The monoisotopic (exact) mass is 367 g/mol. The second-order valence-electron chi connectivity index (χ2n) is 5.45. The van der Waals surface area contributed by atoms with Crippen LogP contribution in [0.3, 0.4) is 0 Å². The highest BCUT2D eigenvalue weighted by Gasteiger charge is 2.13. The molecule has 1 aromatic heterocycles. The molecular formula is C18H13N3O4S. The molecule has 0 fully saturated rings. The molecule has 2 aromatic carbocycles. The van der Waals surface area contributed by atoms with Crippen molar-refractivity contribution >= 4 is 17.0 Å². The number of hydrogen-bond donors (Lipinski definition) is 2. The van der Waals surface area contributed by atoms with Gasteiger partial charge in [-0.2, -0.15) is 10.4 Å². The SMILES string of the molecule is N#Cc1cc(-c2ccc(CS(=O)O)cc2)n(-c2ccc(C(=O)O)cc2)n1. The predicted octanol–water partition coefficient (Wildman–Crippen LogP) is 2.83. The zero-order valence-corrected chi connectivity index (χ0v) is 14.2. The van der Waals surface area contributed by atoms with E-state index in [1.807, 2.05) is 6.07 Å². The summed E-state index contributed by atoms with van der Waals surface area (Å²) in [5.41, 5.74) is 3.14. The number of carbonyl (C=O) groups is 1. The van der Waals surface area contributed by atoms with Gasteiger partial charge in [-0.15, -0.1) is 0 Å². The van der Waals surface area contributed by atoms with Crippen molar-refractivity contribution < 1.29 is 18.7 Å². The van der Waals surface area contributed by atoms with E-state index < -0.39 is 17.0 Å². The first-order chi connectivity index (χ1) is 12.5. The minimum atomic E-state index is -1.91. The molecule has 2 N–H and O–H groups in total. The van der Waals surface area contributed by atoms with Gasteiger partial charge >= 0.3 is 5.97 Å². The molecule has 26 heavy (non-hydrogen) atoms. The predicted molar refractivity (Wildman–Crippen MR) is 95.1 cm³/mol. The van der Waals surface area contributed by atoms with Crippen LogP contribution in [0.4, 0.5) is 0 Å². The first kappa shape index (κ1) is 17.5. The number of nitrogens with zero attached hydrogens (tertiary/aromatic N) is 3. The van der Waals surface area contributed by atoms with Crippen molar-refractivity contribution in [3.8, 4) is 23.0 Å². The molecule has 0 aliphatic rings. The lowest BCUT2D eigenvalue weighted by Gasteiger charge is -2.08. The molecule has 0 spiro atoms. The average Bonchev–Trinajstić information content (AvgIpc) is 3.06. The lowest BCUT2D eigenvalue weighted by Crippen LogP contribution is -2.01. The highest BCUT2D eigenvalue weighted by Crippen LogP contribution is 2.25. The molecule has 0 saturated carbocycles. The van der Waals surface area contributed by atoms with E-state index in [2.05, 4.69) is 5.10 Å². The van der Waals surface area contributed by atoms with Gasteiger partial charge in [0.05, 0.1) is 22.7 Å². The number of aromatic nitrogens is 2. The Morgan fingerprint density at radius 2 is 1.81 bits per heavy atom. The van der Waals surface area contributed by atoms with E-state index in [1.54, 1.807) is 47.1 Å². The van der Waals surface area contributed by atoms with Crippen molar-refractivity contribution in [2.75, 3.05) is 0 Å². The van der Waals surface area contributed by atoms with E-state index in [9.17, 15) is 9.00 Å². The number of carboxylic acids is 1. The van der Waals surface area contributed by atoms with Gasteiger partial charge in [0, 0.05) is 11.6 Å². The molecule has 8 heteroatoms. The van der Waals surface area contributed by atoms with Gasteiger partial charge < -0.3 is 9.66 Å². The maximum atomic E-state index is 11.0. The summed E-state index contributed by atoms with van der Waals surface area (Å²) in [6.07, 6.45) is 0. The molecule has 0 radical (unpaired) electrons. The third-order valence-electron chi connectivity index (χ3n) is 3.72. The molecule has 3 aromatic rings. The largest absolute Gasteiger partial charge is 0.478 e. The fraction of sp³-hybridized carbons (Fsp3) is 0.0556. The topological polar surface area (TPSA) is 116 Å². The molecule has 1 unspecified atom stereocenters. The Bertz CT molecular complexity index is 1020. The average molecular weight is 367 g/mol. The second kappa shape index (κ2) is 7.31. The van der Waals surface area contributed by atoms with Crippen LogP contribution in [0.5, 0.6) is 0 Å².